The number of amides is 6. The van der Waals surface area contributed by atoms with Gasteiger partial charge < -0.3 is 54.1 Å². The van der Waals surface area contributed by atoms with Gasteiger partial charge in [-0.2, -0.15) is 0 Å². The molecule has 5 aliphatic heterocycles. The number of fused-ring (bicyclic) bond motifs is 9. The van der Waals surface area contributed by atoms with Gasteiger partial charge in [-0.3, -0.25) is 38.4 Å². The first-order valence-corrected chi connectivity index (χ1v) is 36.2. The van der Waals surface area contributed by atoms with Gasteiger partial charge in [-0.25, -0.2) is 14.4 Å². The molecule has 6 amide bonds. The summed E-state index contributed by atoms with van der Waals surface area (Å²) in [7, 11) is 4.89. The first-order valence-electron chi connectivity index (χ1n) is 36.2. The second kappa shape index (κ2) is 30.2. The molecule has 5 aromatic carbocycles. The molecule has 13 rings (SSSR count). The number of methoxy groups -OCH3 is 2. The van der Waals surface area contributed by atoms with Crippen LogP contribution in [0.15, 0.2) is 97.1 Å². The van der Waals surface area contributed by atoms with Crippen LogP contribution in [0.1, 0.15) is 160 Å². The second-order valence-electron chi connectivity index (χ2n) is 29.5. The monoisotopic (exact) mass is 1410 g/mol. The van der Waals surface area contributed by atoms with E-state index >= 15 is 0 Å². The standard InChI is InChI=1S/C79H91N9O15/c1-47(2)58(36-55(90)42-80-69(92)26-24-54(89)25-27-70(93)85-43-52-14-8-9-15-56(52)72-71(82-83-84(72)4)57-16-10-11-17-61(57)85)73(94)81-48(3)64(91)34-49-18-20-50(21-19-49)44-103-77(98)88-62-39-68(66(100-6)38-60(62)75(96)87-46-79(30-31-79)41-63(87)76(88)97)102-33-13-7-12-32-101-67-35-51-22-23-53-40-78(28-29-78)45-86(53)74(95)59(51)37-65(67)99-5/h8-11,14-21,35,37-39,47-48,53,58,63,76,97H,7,12-13,22-34,36,40-46H2,1-6H3,(H,80,92)(H,81,94)/t48-,53+,58-,63-,76?/m0/s1. The first kappa shape index (κ1) is 71.4. The number of nitrogens with zero attached hydrogens (tertiary/aromatic N) is 7. The van der Waals surface area contributed by atoms with E-state index in [4.69, 9.17) is 23.7 Å². The highest BCUT2D eigenvalue weighted by Crippen LogP contribution is 2.58. The highest BCUT2D eigenvalue weighted by molar-refractivity contribution is 6.06. The van der Waals surface area contributed by atoms with E-state index < -0.39 is 47.9 Å². The number of aryl methyl sites for hydroxylation is 2. The van der Waals surface area contributed by atoms with Gasteiger partial charge in [-0.1, -0.05) is 85.8 Å². The molecule has 5 atom stereocenters. The van der Waals surface area contributed by atoms with Crippen LogP contribution in [0.4, 0.5) is 16.2 Å². The smallest absolute Gasteiger partial charge is 0.416 e. The number of ketones is 3. The number of benzene rings is 5. The second-order valence-corrected chi connectivity index (χ2v) is 29.5. The molecule has 24 nitrogen and oxygen atoms in total. The van der Waals surface area contributed by atoms with Crippen molar-refractivity contribution in [1.82, 2.24) is 35.4 Å². The minimum atomic E-state index is -1.45. The third-order valence-electron chi connectivity index (χ3n) is 22.0. The van der Waals surface area contributed by atoms with Gasteiger partial charge in [0.05, 0.1) is 75.2 Å². The molecule has 3 N–H and O–H groups in total. The molecule has 1 unspecified atom stereocenters. The van der Waals surface area contributed by atoms with Crippen molar-refractivity contribution in [2.75, 3.05) is 56.9 Å². The number of aliphatic hydroxyl groups is 1. The summed E-state index contributed by atoms with van der Waals surface area (Å²) < 4.78 is 31.7. The van der Waals surface area contributed by atoms with E-state index in [0.717, 1.165) is 77.9 Å². The molecule has 4 fully saturated rings. The lowest BCUT2D eigenvalue weighted by Crippen LogP contribution is -2.50. The lowest BCUT2D eigenvalue weighted by Gasteiger charge is -2.31. The highest BCUT2D eigenvalue weighted by atomic mass is 16.6. The molecule has 0 radical (unpaired) electrons. The Morgan fingerprint density at radius 1 is 0.670 bits per heavy atom. The molecular weight excluding hydrogens is 1310 g/mol. The zero-order chi connectivity index (χ0) is 72.4. The number of aliphatic hydroxyl groups excluding tert-OH is 1. The molecule has 2 aliphatic carbocycles. The number of nitrogens with one attached hydrogen (secondary N) is 2. The lowest BCUT2D eigenvalue weighted by molar-refractivity contribution is -0.133. The quantitative estimate of drug-likeness (QED) is 0.0385. The largest absolute Gasteiger partial charge is 0.493 e. The highest BCUT2D eigenvalue weighted by Gasteiger charge is 2.58. The summed E-state index contributed by atoms with van der Waals surface area (Å²) >= 11 is 0. The van der Waals surface area contributed by atoms with Crippen LogP contribution in [-0.4, -0.2) is 154 Å². The fraction of sp³-hybridized carbons (Fsp3) is 0.481. The minimum absolute atomic E-state index is 0.0482. The zero-order valence-electron chi connectivity index (χ0n) is 59.5. The molecule has 24 heteroatoms. The van der Waals surface area contributed by atoms with Gasteiger partial charge in [0.25, 0.3) is 11.8 Å². The fourth-order valence-corrected chi connectivity index (χ4v) is 15.5. The molecule has 103 heavy (non-hydrogen) atoms. The number of anilines is 2. The Hall–Kier alpha value is -9.97. The summed E-state index contributed by atoms with van der Waals surface area (Å²) in [5.74, 6) is -1.94. The van der Waals surface area contributed by atoms with Crippen molar-refractivity contribution in [2.45, 2.75) is 167 Å². The Morgan fingerprint density at radius 3 is 2.02 bits per heavy atom. The molecule has 6 heterocycles. The maximum Gasteiger partial charge on any atom is 0.416 e. The average Bonchev–Trinajstić information content (AvgIpc) is 1.59. The van der Waals surface area contributed by atoms with E-state index in [1.165, 1.54) is 20.0 Å². The third-order valence-corrected chi connectivity index (χ3v) is 22.0. The van der Waals surface area contributed by atoms with E-state index in [1.807, 2.05) is 67.7 Å². The summed E-state index contributed by atoms with van der Waals surface area (Å²) in [6.45, 7) is 6.80. The maximum atomic E-state index is 14.5. The van der Waals surface area contributed by atoms with Crippen molar-refractivity contribution in [3.8, 4) is 45.5 Å². The number of carbonyl (C=O) groups excluding carboxylic acids is 9. The fourth-order valence-electron chi connectivity index (χ4n) is 15.5. The van der Waals surface area contributed by atoms with E-state index in [2.05, 4.69) is 25.8 Å². The molecule has 2 spiro atoms. The molecule has 2 saturated heterocycles. The zero-order valence-corrected chi connectivity index (χ0v) is 59.5. The van der Waals surface area contributed by atoms with E-state index in [0.29, 0.717) is 77.4 Å². The molecule has 6 aromatic rings. The Labute approximate surface area is 599 Å². The Bertz CT molecular complexity index is 4290. The normalized spacial score (nSPS) is 19.0. The maximum absolute atomic E-state index is 14.5. The molecule has 1 aromatic heterocycles. The van der Waals surface area contributed by atoms with Gasteiger partial charge in [0.2, 0.25) is 17.7 Å². The van der Waals surface area contributed by atoms with Crippen LogP contribution in [-0.2, 0) is 66.5 Å². The van der Waals surface area contributed by atoms with Crippen LogP contribution in [0.2, 0.25) is 0 Å². The van der Waals surface area contributed by atoms with Crippen molar-refractivity contribution < 1.29 is 71.9 Å². The van der Waals surface area contributed by atoms with Crippen molar-refractivity contribution in [3.05, 3.63) is 130 Å². The van der Waals surface area contributed by atoms with Crippen LogP contribution in [0.25, 0.3) is 22.5 Å². The molecule has 0 bridgehead atoms. The van der Waals surface area contributed by atoms with Crippen molar-refractivity contribution in [1.29, 1.82) is 0 Å². The number of hydrogen-bond acceptors (Lipinski definition) is 17. The summed E-state index contributed by atoms with van der Waals surface area (Å²) in [4.78, 5) is 130. The van der Waals surface area contributed by atoms with E-state index in [9.17, 15) is 48.3 Å². The minimum Gasteiger partial charge on any atom is -0.493 e. The Kier molecular flexibility index (Phi) is 20.9. The van der Waals surface area contributed by atoms with Crippen molar-refractivity contribution in [3.63, 3.8) is 0 Å². The summed E-state index contributed by atoms with van der Waals surface area (Å²) in [6, 6.07) is 27.6. The lowest BCUT2D eigenvalue weighted by atomic mass is 9.89. The van der Waals surface area contributed by atoms with Crippen molar-refractivity contribution in [2.24, 2.45) is 29.7 Å². The van der Waals surface area contributed by atoms with Gasteiger partial charge >= 0.3 is 6.09 Å². The van der Waals surface area contributed by atoms with Crippen LogP contribution in [0.5, 0.6) is 23.0 Å². The number of unbranched alkanes of at least 4 members (excludes halogenated alkanes) is 2. The van der Waals surface area contributed by atoms with Gasteiger partial charge in [0, 0.05) is 93.4 Å². The van der Waals surface area contributed by atoms with E-state index in [-0.39, 0.29) is 134 Å². The van der Waals surface area contributed by atoms with Crippen LogP contribution >= 0.6 is 0 Å². The third kappa shape index (κ3) is 15.4. The average molecular weight is 1410 g/mol. The van der Waals surface area contributed by atoms with Gasteiger partial charge in [0.1, 0.15) is 18.1 Å². The number of hydrogen-bond donors (Lipinski definition) is 3. The SMILES string of the molecule is COc1cc2c(cc1OCCCCCOc1cc3c(cc1OC)C(=O)N1CC4(CC4)C[C@H]1C(O)N3C(=O)OCc1ccc(CC(=O)[C@H](C)NC(=O)[C@@H](CC(=O)CNC(=O)CCC(=O)CCC(=O)N3Cc4ccccc4-c4c(nnn4C)-c4ccccc43)C(C)C)cc1)CC[C@@H]1CC3(CC3)CN1C2=O. The van der Waals surface area contributed by atoms with Crippen molar-refractivity contribution >= 4 is 64.4 Å². The number of ether oxygens (including phenoxy) is 5. The number of Topliss-reactive ketones (excluding diaryl/α,β-unsaturated/α-hetero) is 3. The summed E-state index contributed by atoms with van der Waals surface area (Å²) in [5.41, 5.74) is 8.03. The number of rotatable bonds is 28. The van der Waals surface area contributed by atoms with E-state index in [1.54, 1.807) is 78.8 Å². The topological polar surface area (TPSA) is 288 Å². The summed E-state index contributed by atoms with van der Waals surface area (Å²) in [5, 5.41) is 26.3. The molecule has 2 saturated carbocycles. The number of carbonyl (C=O) groups is 9. The molecule has 542 valence electrons. The van der Waals surface area contributed by atoms with Crippen LogP contribution in [0, 0.1) is 22.7 Å². The van der Waals surface area contributed by atoms with Crippen LogP contribution in [0.3, 0.4) is 0 Å². The van der Waals surface area contributed by atoms with Gasteiger partial charge in [-0.05, 0) is 141 Å². The first-order chi connectivity index (χ1) is 49.6. The number of aromatic nitrogens is 3. The summed E-state index contributed by atoms with van der Waals surface area (Å²) in [6.07, 6.45) is 6.57. The predicted molar refractivity (Wildman–Crippen MR) is 380 cm³/mol. The Morgan fingerprint density at radius 2 is 1.31 bits per heavy atom. The van der Waals surface area contributed by atoms with Crippen LogP contribution < -0.4 is 39.4 Å². The van der Waals surface area contributed by atoms with Gasteiger partial charge in [-0.15, -0.1) is 5.10 Å². The van der Waals surface area contributed by atoms with Gasteiger partial charge in [0.15, 0.2) is 40.8 Å². The molecule has 7 aliphatic rings. The molecular formula is C79H91N9O15. The number of para-hydroxylation sites is 1. The Balaban J connectivity index is 0.555. The predicted octanol–water partition coefficient (Wildman–Crippen LogP) is 9.85.